The van der Waals surface area contributed by atoms with Crippen molar-refractivity contribution < 1.29 is 4.79 Å². The number of aromatic amines is 1. The van der Waals surface area contributed by atoms with Crippen LogP contribution in [0.3, 0.4) is 0 Å². The molecule has 0 fully saturated rings. The van der Waals surface area contributed by atoms with Crippen LogP contribution < -0.4 is 5.32 Å². The largest absolute Gasteiger partial charge is 0.310 e. The maximum absolute atomic E-state index is 12.5. The molecule has 4 rings (SSSR count). The molecule has 28 heavy (non-hydrogen) atoms. The fourth-order valence-corrected chi connectivity index (χ4v) is 2.72. The van der Waals surface area contributed by atoms with Gasteiger partial charge in [-0.15, -0.1) is 10.2 Å². The van der Waals surface area contributed by atoms with Gasteiger partial charge < -0.3 is 9.88 Å². The maximum Gasteiger partial charge on any atom is 0.274 e. The van der Waals surface area contributed by atoms with Gasteiger partial charge in [-0.25, -0.2) is 4.98 Å². The van der Waals surface area contributed by atoms with Crippen LogP contribution in [0.1, 0.15) is 30.4 Å². The molecule has 0 aliphatic carbocycles. The Morgan fingerprint density at radius 3 is 2.75 bits per heavy atom. The predicted molar refractivity (Wildman–Crippen MR) is 103 cm³/mol. The Labute approximate surface area is 160 Å². The SMILES string of the molecule is CC(C)n1cnnc1-c1cncc(NC(=O)c2cc(-c3ccccc3)n[nH]2)n1. The summed E-state index contributed by atoms with van der Waals surface area (Å²) in [7, 11) is 0. The van der Waals surface area contributed by atoms with Crippen molar-refractivity contribution in [1.82, 2.24) is 34.9 Å². The van der Waals surface area contributed by atoms with Crippen molar-refractivity contribution >= 4 is 11.7 Å². The standard InChI is InChI=1S/C19H18N8O/c1-12(2)27-11-21-26-18(27)16-9-20-10-17(22-16)23-19(28)15-8-14(24-25-15)13-6-4-3-5-7-13/h3-12H,1-2H3,(H,24,25)(H,22,23,28). The van der Waals surface area contributed by atoms with Gasteiger partial charge >= 0.3 is 0 Å². The van der Waals surface area contributed by atoms with Gasteiger partial charge in [0, 0.05) is 11.6 Å². The quantitative estimate of drug-likeness (QED) is 0.555. The van der Waals surface area contributed by atoms with Gasteiger partial charge in [0.15, 0.2) is 11.6 Å². The highest BCUT2D eigenvalue weighted by atomic mass is 16.2. The fourth-order valence-electron chi connectivity index (χ4n) is 2.72. The topological polar surface area (TPSA) is 114 Å². The molecule has 0 aliphatic heterocycles. The van der Waals surface area contributed by atoms with Crippen molar-refractivity contribution in [1.29, 1.82) is 0 Å². The van der Waals surface area contributed by atoms with E-state index >= 15 is 0 Å². The second-order valence-electron chi connectivity index (χ2n) is 6.43. The van der Waals surface area contributed by atoms with Crippen molar-refractivity contribution in [3.05, 3.63) is 60.8 Å². The van der Waals surface area contributed by atoms with Crippen LogP contribution in [0.4, 0.5) is 5.82 Å². The Hall–Kier alpha value is -3.88. The van der Waals surface area contributed by atoms with Crippen LogP contribution in [0.5, 0.6) is 0 Å². The van der Waals surface area contributed by atoms with Gasteiger partial charge in [-0.1, -0.05) is 30.3 Å². The van der Waals surface area contributed by atoms with Crippen LogP contribution in [-0.2, 0) is 0 Å². The zero-order valence-corrected chi connectivity index (χ0v) is 15.4. The second-order valence-corrected chi connectivity index (χ2v) is 6.43. The Morgan fingerprint density at radius 1 is 1.14 bits per heavy atom. The molecule has 4 aromatic rings. The maximum atomic E-state index is 12.5. The summed E-state index contributed by atoms with van der Waals surface area (Å²) in [5.41, 5.74) is 2.47. The molecule has 2 N–H and O–H groups in total. The monoisotopic (exact) mass is 374 g/mol. The molecule has 9 heteroatoms. The minimum absolute atomic E-state index is 0.173. The molecule has 0 saturated carbocycles. The molecule has 0 atom stereocenters. The highest BCUT2D eigenvalue weighted by Gasteiger charge is 2.15. The lowest BCUT2D eigenvalue weighted by atomic mass is 10.1. The number of hydrogen-bond acceptors (Lipinski definition) is 6. The first kappa shape index (κ1) is 17.5. The van der Waals surface area contributed by atoms with E-state index in [0.717, 1.165) is 5.56 Å². The summed E-state index contributed by atoms with van der Waals surface area (Å²) < 4.78 is 1.89. The van der Waals surface area contributed by atoms with Crippen molar-refractivity contribution in [2.24, 2.45) is 0 Å². The number of H-pyrrole nitrogens is 1. The molecule has 0 aliphatic rings. The molecule has 0 saturated heterocycles. The summed E-state index contributed by atoms with van der Waals surface area (Å²) in [6, 6.07) is 11.5. The molecule has 0 spiro atoms. The van der Waals surface area contributed by atoms with Crippen LogP contribution in [0.2, 0.25) is 0 Å². The number of aromatic nitrogens is 7. The number of carbonyl (C=O) groups is 1. The fraction of sp³-hybridized carbons (Fsp3) is 0.158. The molecule has 1 amide bonds. The zero-order valence-electron chi connectivity index (χ0n) is 15.4. The first-order chi connectivity index (χ1) is 13.6. The van der Waals surface area contributed by atoms with Gasteiger partial charge in [-0.2, -0.15) is 5.10 Å². The molecule has 0 radical (unpaired) electrons. The third-order valence-electron chi connectivity index (χ3n) is 4.13. The molecular weight excluding hydrogens is 356 g/mol. The molecule has 1 aromatic carbocycles. The van der Waals surface area contributed by atoms with E-state index in [9.17, 15) is 4.79 Å². The number of hydrogen-bond donors (Lipinski definition) is 2. The normalized spacial score (nSPS) is 11.0. The van der Waals surface area contributed by atoms with Gasteiger partial charge in [-0.3, -0.25) is 14.9 Å². The van der Waals surface area contributed by atoms with Crippen LogP contribution in [0.25, 0.3) is 22.8 Å². The van der Waals surface area contributed by atoms with Crippen molar-refractivity contribution in [3.63, 3.8) is 0 Å². The third kappa shape index (κ3) is 3.50. The summed E-state index contributed by atoms with van der Waals surface area (Å²) in [5, 5.41) is 17.7. The van der Waals surface area contributed by atoms with E-state index in [1.165, 1.54) is 6.20 Å². The first-order valence-corrected chi connectivity index (χ1v) is 8.76. The minimum atomic E-state index is -0.355. The average molecular weight is 374 g/mol. The van der Waals surface area contributed by atoms with Crippen LogP contribution in [0.15, 0.2) is 55.1 Å². The van der Waals surface area contributed by atoms with Crippen molar-refractivity contribution in [2.45, 2.75) is 19.9 Å². The molecular formula is C19H18N8O. The van der Waals surface area contributed by atoms with Gasteiger partial charge in [0.25, 0.3) is 5.91 Å². The molecule has 140 valence electrons. The average Bonchev–Trinajstić information content (AvgIpc) is 3.39. The van der Waals surface area contributed by atoms with E-state index < -0.39 is 0 Å². The van der Waals surface area contributed by atoms with Gasteiger partial charge in [0.1, 0.15) is 17.7 Å². The van der Waals surface area contributed by atoms with Crippen molar-refractivity contribution in [3.8, 4) is 22.8 Å². The predicted octanol–water partition coefficient (Wildman–Crippen LogP) is 2.96. The van der Waals surface area contributed by atoms with E-state index in [2.05, 4.69) is 35.7 Å². The summed E-state index contributed by atoms with van der Waals surface area (Å²) in [6.07, 6.45) is 4.71. The van der Waals surface area contributed by atoms with E-state index in [1.807, 2.05) is 48.7 Å². The molecule has 3 aromatic heterocycles. The summed E-state index contributed by atoms with van der Waals surface area (Å²) in [4.78, 5) is 21.1. The highest BCUT2D eigenvalue weighted by Crippen LogP contribution is 2.20. The minimum Gasteiger partial charge on any atom is -0.310 e. The summed E-state index contributed by atoms with van der Waals surface area (Å²) in [5.74, 6) is 0.551. The van der Waals surface area contributed by atoms with E-state index in [0.29, 0.717) is 28.7 Å². The Bertz CT molecular complexity index is 1100. The number of carbonyl (C=O) groups excluding carboxylic acids is 1. The van der Waals surface area contributed by atoms with Gasteiger partial charge in [0.2, 0.25) is 0 Å². The van der Waals surface area contributed by atoms with Crippen LogP contribution in [0, 0.1) is 0 Å². The number of benzene rings is 1. The summed E-state index contributed by atoms with van der Waals surface area (Å²) >= 11 is 0. The number of amides is 1. The van der Waals surface area contributed by atoms with E-state index in [-0.39, 0.29) is 11.9 Å². The van der Waals surface area contributed by atoms with Crippen LogP contribution in [-0.4, -0.2) is 40.8 Å². The van der Waals surface area contributed by atoms with Crippen LogP contribution >= 0.6 is 0 Å². The molecule has 9 nitrogen and oxygen atoms in total. The first-order valence-electron chi connectivity index (χ1n) is 8.76. The molecule has 0 unspecified atom stereocenters. The third-order valence-corrected chi connectivity index (χ3v) is 4.13. The van der Waals surface area contributed by atoms with Crippen molar-refractivity contribution in [2.75, 3.05) is 5.32 Å². The number of nitrogens with one attached hydrogen (secondary N) is 2. The Kier molecular flexibility index (Phi) is 4.63. The smallest absolute Gasteiger partial charge is 0.274 e. The number of nitrogens with zero attached hydrogens (tertiary/aromatic N) is 6. The van der Waals surface area contributed by atoms with Gasteiger partial charge in [0.05, 0.1) is 18.1 Å². The molecule has 3 heterocycles. The lowest BCUT2D eigenvalue weighted by Gasteiger charge is -2.10. The lowest BCUT2D eigenvalue weighted by Crippen LogP contribution is -2.14. The summed E-state index contributed by atoms with van der Waals surface area (Å²) in [6.45, 7) is 4.04. The highest BCUT2D eigenvalue weighted by molar-refractivity contribution is 6.02. The second kappa shape index (κ2) is 7.39. The number of rotatable bonds is 5. The number of anilines is 1. The van der Waals surface area contributed by atoms with E-state index in [1.54, 1.807) is 18.6 Å². The Morgan fingerprint density at radius 2 is 1.96 bits per heavy atom. The zero-order chi connectivity index (χ0) is 19.5. The van der Waals surface area contributed by atoms with Gasteiger partial charge in [-0.05, 0) is 19.9 Å². The Balaban J connectivity index is 1.54. The van der Waals surface area contributed by atoms with E-state index in [4.69, 9.17) is 0 Å². The lowest BCUT2D eigenvalue weighted by molar-refractivity contribution is 0.102. The molecule has 0 bridgehead atoms.